The Kier molecular flexibility index (Phi) is 2.94. The van der Waals surface area contributed by atoms with Crippen molar-refractivity contribution < 1.29 is 0 Å². The molecule has 0 saturated carbocycles. The van der Waals surface area contributed by atoms with E-state index in [0.717, 1.165) is 12.6 Å². The quantitative estimate of drug-likeness (QED) is 0.706. The molecule has 2 bridgehead atoms. The smallest absolute Gasteiger partial charge is 0.0601 e. The van der Waals surface area contributed by atoms with Crippen LogP contribution in [0.3, 0.4) is 0 Å². The average Bonchev–Trinajstić information content (AvgIpc) is 3.12. The van der Waals surface area contributed by atoms with Crippen LogP contribution in [-0.4, -0.2) is 27.5 Å². The van der Waals surface area contributed by atoms with Crippen LogP contribution in [0.1, 0.15) is 40.6 Å². The number of hydrogen-bond donors (Lipinski definition) is 0. The van der Waals surface area contributed by atoms with Gasteiger partial charge in [0.05, 0.1) is 10.2 Å². The normalized spacial score (nSPS) is 23.6. The van der Waals surface area contributed by atoms with Crippen molar-refractivity contribution in [2.75, 3.05) is 7.05 Å². The molecule has 5 rings (SSSR count). The Morgan fingerprint density at radius 2 is 2.26 bits per heavy atom. The van der Waals surface area contributed by atoms with Crippen LogP contribution in [0.5, 0.6) is 0 Å². The monoisotopic (exact) mass is 323 g/mol. The Balaban J connectivity index is 1.72. The molecule has 0 radical (unpaired) electrons. The predicted octanol–water partition coefficient (Wildman–Crippen LogP) is 4.15. The maximum Gasteiger partial charge on any atom is 0.0601 e. The summed E-state index contributed by atoms with van der Waals surface area (Å²) in [6, 6.07) is 7.96. The highest BCUT2D eigenvalue weighted by Gasteiger charge is 2.41. The molecular weight excluding hydrogens is 302 g/mol. The third-order valence-corrected chi connectivity index (χ3v) is 6.75. The number of pyridine rings is 1. The minimum Gasteiger partial charge on any atom is -0.339 e. The molecule has 118 valence electrons. The van der Waals surface area contributed by atoms with Gasteiger partial charge in [0, 0.05) is 53.6 Å². The summed E-state index contributed by atoms with van der Waals surface area (Å²) in [5.41, 5.74) is 5.93. The molecular formula is C19H21N3S. The Morgan fingerprint density at radius 1 is 1.35 bits per heavy atom. The second kappa shape index (κ2) is 4.92. The first-order valence-corrected chi connectivity index (χ1v) is 9.26. The molecule has 1 saturated heterocycles. The highest BCUT2D eigenvalue weighted by molar-refractivity contribution is 7.19. The number of likely N-dealkylation sites (N-methyl/N-ethyl adjacent to an activating group) is 1. The van der Waals surface area contributed by atoms with Gasteiger partial charge in [0.25, 0.3) is 0 Å². The van der Waals surface area contributed by atoms with Crippen LogP contribution < -0.4 is 0 Å². The second-order valence-corrected chi connectivity index (χ2v) is 8.25. The standard InChI is InChI=1S/C19H21N3S/c1-12-8-17-19(23-12)18-15-6-5-14(21(15)2)9-16(18)22(17)11-13-4-3-7-20-10-13/h3-4,7-8,10,14-15H,5-6,9,11H2,1-2H3. The number of thiophene rings is 1. The summed E-state index contributed by atoms with van der Waals surface area (Å²) in [4.78, 5) is 8.33. The molecule has 3 aromatic heterocycles. The van der Waals surface area contributed by atoms with Gasteiger partial charge in [-0.25, -0.2) is 0 Å². The summed E-state index contributed by atoms with van der Waals surface area (Å²) >= 11 is 1.97. The molecule has 1 fully saturated rings. The highest BCUT2D eigenvalue weighted by atomic mass is 32.1. The van der Waals surface area contributed by atoms with Gasteiger partial charge in [-0.3, -0.25) is 9.88 Å². The van der Waals surface area contributed by atoms with Crippen molar-refractivity contribution >= 4 is 21.6 Å². The molecule has 2 unspecified atom stereocenters. The van der Waals surface area contributed by atoms with E-state index in [-0.39, 0.29) is 0 Å². The van der Waals surface area contributed by atoms with Crippen LogP contribution in [0.25, 0.3) is 10.2 Å². The van der Waals surface area contributed by atoms with Gasteiger partial charge in [-0.15, -0.1) is 11.3 Å². The summed E-state index contributed by atoms with van der Waals surface area (Å²) < 4.78 is 4.10. The van der Waals surface area contributed by atoms with E-state index in [2.05, 4.69) is 40.6 Å². The molecule has 2 aliphatic heterocycles. The Hall–Kier alpha value is -1.65. The van der Waals surface area contributed by atoms with Gasteiger partial charge < -0.3 is 4.57 Å². The van der Waals surface area contributed by atoms with Gasteiger partial charge >= 0.3 is 0 Å². The summed E-state index contributed by atoms with van der Waals surface area (Å²) in [6.45, 7) is 3.18. The van der Waals surface area contributed by atoms with Crippen LogP contribution in [0.15, 0.2) is 30.6 Å². The molecule has 4 heteroatoms. The maximum absolute atomic E-state index is 4.30. The molecule has 2 aliphatic rings. The highest BCUT2D eigenvalue weighted by Crippen LogP contribution is 2.48. The molecule has 0 N–H and O–H groups in total. The van der Waals surface area contributed by atoms with Crippen LogP contribution in [0.2, 0.25) is 0 Å². The Labute approximate surface area is 140 Å². The lowest BCUT2D eigenvalue weighted by atomic mass is 10.0. The number of fused-ring (bicyclic) bond motifs is 6. The van der Waals surface area contributed by atoms with Crippen molar-refractivity contribution in [3.63, 3.8) is 0 Å². The van der Waals surface area contributed by atoms with Gasteiger partial charge in [-0.1, -0.05) is 6.07 Å². The number of aryl methyl sites for hydroxylation is 1. The zero-order chi connectivity index (χ0) is 15.6. The van der Waals surface area contributed by atoms with Crippen molar-refractivity contribution in [1.82, 2.24) is 14.5 Å². The fourth-order valence-electron chi connectivity index (χ4n) is 4.56. The SMILES string of the molecule is Cc1cc2c(s1)c1c(n2Cc2cccnc2)CC2CCC1N2C. The van der Waals surface area contributed by atoms with Crippen LogP contribution in [0.4, 0.5) is 0 Å². The molecule has 0 spiro atoms. The van der Waals surface area contributed by atoms with Crippen molar-refractivity contribution in [2.45, 2.75) is 44.8 Å². The molecule has 5 heterocycles. The van der Waals surface area contributed by atoms with E-state index < -0.39 is 0 Å². The number of aromatic nitrogens is 2. The summed E-state index contributed by atoms with van der Waals surface area (Å²) in [5, 5.41) is 0. The van der Waals surface area contributed by atoms with E-state index in [4.69, 9.17) is 0 Å². The molecule has 3 nitrogen and oxygen atoms in total. The minimum absolute atomic E-state index is 0.624. The average molecular weight is 323 g/mol. The first-order chi connectivity index (χ1) is 11.2. The lowest BCUT2D eigenvalue weighted by molar-refractivity contribution is 0.222. The fraction of sp³-hybridized carbons (Fsp3) is 0.421. The minimum atomic E-state index is 0.624. The molecule has 23 heavy (non-hydrogen) atoms. The first kappa shape index (κ1) is 13.8. The van der Waals surface area contributed by atoms with Crippen LogP contribution >= 0.6 is 11.3 Å². The van der Waals surface area contributed by atoms with E-state index in [1.165, 1.54) is 39.9 Å². The molecule has 0 aromatic carbocycles. The predicted molar refractivity (Wildman–Crippen MR) is 95.1 cm³/mol. The van der Waals surface area contributed by atoms with E-state index in [9.17, 15) is 0 Å². The number of hydrogen-bond acceptors (Lipinski definition) is 3. The van der Waals surface area contributed by atoms with Crippen molar-refractivity contribution in [3.8, 4) is 0 Å². The summed E-state index contributed by atoms with van der Waals surface area (Å²) in [7, 11) is 2.32. The van der Waals surface area contributed by atoms with Gasteiger partial charge in [0.1, 0.15) is 0 Å². The largest absolute Gasteiger partial charge is 0.339 e. The molecule has 3 aromatic rings. The molecule has 2 atom stereocenters. The van der Waals surface area contributed by atoms with Crippen molar-refractivity contribution in [3.05, 3.63) is 52.3 Å². The molecule has 0 amide bonds. The maximum atomic E-state index is 4.30. The van der Waals surface area contributed by atoms with Crippen molar-refractivity contribution in [1.29, 1.82) is 0 Å². The van der Waals surface area contributed by atoms with E-state index in [1.54, 1.807) is 11.3 Å². The van der Waals surface area contributed by atoms with Gasteiger partial charge in [0.2, 0.25) is 0 Å². The van der Waals surface area contributed by atoms with Crippen LogP contribution in [-0.2, 0) is 13.0 Å². The van der Waals surface area contributed by atoms with Crippen LogP contribution in [0, 0.1) is 6.92 Å². The third kappa shape index (κ3) is 1.95. The summed E-state index contributed by atoms with van der Waals surface area (Å²) in [5.74, 6) is 0. The van der Waals surface area contributed by atoms with Crippen molar-refractivity contribution in [2.24, 2.45) is 0 Å². The van der Waals surface area contributed by atoms with E-state index in [0.29, 0.717) is 6.04 Å². The molecule has 0 aliphatic carbocycles. The third-order valence-electron chi connectivity index (χ3n) is 5.67. The van der Waals surface area contributed by atoms with E-state index in [1.807, 2.05) is 29.8 Å². The summed E-state index contributed by atoms with van der Waals surface area (Å²) in [6.07, 6.45) is 7.71. The zero-order valence-electron chi connectivity index (χ0n) is 13.6. The van der Waals surface area contributed by atoms with Gasteiger partial charge in [0.15, 0.2) is 0 Å². The Morgan fingerprint density at radius 3 is 3.09 bits per heavy atom. The number of nitrogens with zero attached hydrogens (tertiary/aromatic N) is 3. The Bertz CT molecular complexity index is 877. The lowest BCUT2D eigenvalue weighted by Gasteiger charge is -2.32. The van der Waals surface area contributed by atoms with Gasteiger partial charge in [-0.05, 0) is 44.5 Å². The number of rotatable bonds is 2. The first-order valence-electron chi connectivity index (χ1n) is 8.44. The second-order valence-electron chi connectivity index (χ2n) is 7.00. The van der Waals surface area contributed by atoms with E-state index >= 15 is 0 Å². The zero-order valence-corrected chi connectivity index (χ0v) is 14.4. The van der Waals surface area contributed by atoms with Gasteiger partial charge in [-0.2, -0.15) is 0 Å². The lowest BCUT2D eigenvalue weighted by Crippen LogP contribution is -2.34. The fourth-order valence-corrected chi connectivity index (χ4v) is 5.69. The topological polar surface area (TPSA) is 21.1 Å².